The van der Waals surface area contributed by atoms with E-state index in [1.165, 1.54) is 11.1 Å². The van der Waals surface area contributed by atoms with Gasteiger partial charge in [0.25, 0.3) is 5.91 Å². The van der Waals surface area contributed by atoms with Crippen LogP contribution in [0.1, 0.15) is 74.9 Å². The van der Waals surface area contributed by atoms with Gasteiger partial charge < -0.3 is 24.4 Å². The Hall–Kier alpha value is -2.47. The second-order valence-electron chi connectivity index (χ2n) is 15.2. The highest BCUT2D eigenvalue weighted by Crippen LogP contribution is 2.48. The maximum Gasteiger partial charge on any atom is 0.263 e. The molecule has 2 aromatic rings. The SMILES string of the molecule is CC/C=C/C(OC)C1CC(C)C1CN1C[C@@]2(CCCc3cc(Cl)ccc32)COc2ccc(C(=O)NS(=O)C(C)C)cc21.CNCCN1CCOCC1. The second kappa shape index (κ2) is 19.2. The lowest BCUT2D eigenvalue weighted by molar-refractivity contribution is -0.0229. The van der Waals surface area contributed by atoms with Crippen LogP contribution in [0.5, 0.6) is 5.75 Å². The Morgan fingerprint density at radius 1 is 1.19 bits per heavy atom. The minimum atomic E-state index is -1.45. The molecule has 2 aliphatic carbocycles. The zero-order valence-electron chi connectivity index (χ0n) is 32.1. The highest BCUT2D eigenvalue weighted by molar-refractivity contribution is 7.84. The van der Waals surface area contributed by atoms with E-state index in [4.69, 9.17) is 25.8 Å². The van der Waals surface area contributed by atoms with Gasteiger partial charge in [-0.15, -0.1) is 0 Å². The van der Waals surface area contributed by atoms with Gasteiger partial charge in [0.15, 0.2) is 0 Å². The van der Waals surface area contributed by atoms with Crippen molar-refractivity contribution in [1.29, 1.82) is 0 Å². The number of likely N-dealkylation sites (N-methyl/N-ethyl adjacent to an activating group) is 1. The molecule has 52 heavy (non-hydrogen) atoms. The van der Waals surface area contributed by atoms with Crippen LogP contribution in [0.15, 0.2) is 48.6 Å². The Morgan fingerprint density at radius 3 is 2.67 bits per heavy atom. The maximum absolute atomic E-state index is 13.2. The van der Waals surface area contributed by atoms with Gasteiger partial charge in [-0.25, -0.2) is 4.21 Å². The van der Waals surface area contributed by atoms with E-state index >= 15 is 0 Å². The summed E-state index contributed by atoms with van der Waals surface area (Å²) in [5.74, 6) is 1.86. The summed E-state index contributed by atoms with van der Waals surface area (Å²) in [4.78, 5) is 18.0. The number of carbonyl (C=O) groups excluding carboxylic acids is 1. The minimum Gasteiger partial charge on any atom is -0.490 e. The summed E-state index contributed by atoms with van der Waals surface area (Å²) >= 11 is 6.43. The minimum absolute atomic E-state index is 0.0866. The number of benzene rings is 2. The van der Waals surface area contributed by atoms with Gasteiger partial charge in [-0.05, 0) is 112 Å². The first-order valence-corrected chi connectivity index (χ1v) is 20.8. The van der Waals surface area contributed by atoms with Crippen LogP contribution in [-0.2, 0) is 32.3 Å². The van der Waals surface area contributed by atoms with Gasteiger partial charge in [0, 0.05) is 67.6 Å². The van der Waals surface area contributed by atoms with Crippen LogP contribution in [0, 0.1) is 17.8 Å². The van der Waals surface area contributed by atoms with E-state index < -0.39 is 11.0 Å². The number of methoxy groups -OCH3 is 1. The van der Waals surface area contributed by atoms with Crippen molar-refractivity contribution in [2.24, 2.45) is 17.8 Å². The average Bonchev–Trinajstić information content (AvgIpc) is 3.30. The molecule has 2 heterocycles. The number of allylic oxidation sites excluding steroid dienone is 1. The molecule has 1 saturated heterocycles. The number of amides is 1. The Kier molecular flexibility index (Phi) is 15.0. The molecule has 9 nitrogen and oxygen atoms in total. The number of morpholine rings is 1. The number of rotatable bonds is 12. The number of nitrogens with zero attached hydrogens (tertiary/aromatic N) is 2. The Labute approximate surface area is 319 Å². The summed E-state index contributed by atoms with van der Waals surface area (Å²) in [7, 11) is 2.35. The van der Waals surface area contributed by atoms with E-state index in [-0.39, 0.29) is 22.7 Å². The average molecular weight is 757 g/mol. The lowest BCUT2D eigenvalue weighted by atomic mass is 9.62. The largest absolute Gasteiger partial charge is 0.490 e. The number of halogens is 1. The third-order valence-electron chi connectivity index (χ3n) is 11.3. The molecule has 2 aliphatic heterocycles. The van der Waals surface area contributed by atoms with Crippen LogP contribution >= 0.6 is 11.6 Å². The normalized spacial score (nSPS) is 25.6. The molecule has 5 unspecified atom stereocenters. The highest BCUT2D eigenvalue weighted by Gasteiger charge is 2.46. The van der Waals surface area contributed by atoms with E-state index in [0.29, 0.717) is 29.9 Å². The van der Waals surface area contributed by atoms with Gasteiger partial charge >= 0.3 is 0 Å². The second-order valence-corrected chi connectivity index (χ2v) is 17.4. The lowest BCUT2D eigenvalue weighted by Crippen LogP contribution is -2.52. The summed E-state index contributed by atoms with van der Waals surface area (Å²) in [6.07, 6.45) is 9.75. The summed E-state index contributed by atoms with van der Waals surface area (Å²) < 4.78 is 32.9. The molecular weight excluding hydrogens is 696 g/mol. The number of ether oxygens (including phenoxy) is 3. The number of anilines is 1. The standard InChI is InChI=1S/C34H45ClN2O4S.C7H16N2O/c1-6-7-10-31(40-5)27-16-23(4)28(27)19-37-20-34(15-8-9-24-17-26(35)12-13-29(24)34)21-41-32-14-11-25(18-30(32)37)33(38)36-42(39)22(2)3;1-8-2-3-9-4-6-10-7-5-9/h7,10-14,17-18,22-23,27-28,31H,6,8-9,15-16,19-21H2,1-5H3,(H,36,38);8H,2-7H2,1H3/b10-7+;/t23?,27?,28?,31?,34-,42?;/m0./s1. The highest BCUT2D eigenvalue weighted by atomic mass is 35.5. The molecule has 11 heteroatoms. The maximum atomic E-state index is 13.2. The van der Waals surface area contributed by atoms with Crippen LogP contribution in [0.3, 0.4) is 0 Å². The molecule has 0 aromatic heterocycles. The molecule has 2 aromatic carbocycles. The van der Waals surface area contributed by atoms with Crippen LogP contribution in [0.4, 0.5) is 5.69 Å². The van der Waals surface area contributed by atoms with Crippen LogP contribution in [-0.4, -0.2) is 99.6 Å². The fourth-order valence-corrected chi connectivity index (χ4v) is 8.97. The molecule has 288 valence electrons. The van der Waals surface area contributed by atoms with Crippen molar-refractivity contribution in [3.63, 3.8) is 0 Å². The first-order valence-electron chi connectivity index (χ1n) is 19.3. The molecule has 6 atom stereocenters. The quantitative estimate of drug-likeness (QED) is 0.241. The first-order chi connectivity index (χ1) is 25.1. The number of hydrogen-bond donors (Lipinski definition) is 2. The van der Waals surface area contributed by atoms with Crippen molar-refractivity contribution in [2.75, 3.05) is 78.1 Å². The Balaban J connectivity index is 0.000000452. The molecule has 2 fully saturated rings. The van der Waals surface area contributed by atoms with E-state index in [0.717, 1.165) is 101 Å². The van der Waals surface area contributed by atoms with Crippen LogP contribution in [0.2, 0.25) is 5.02 Å². The van der Waals surface area contributed by atoms with E-state index in [2.05, 4.69) is 58.0 Å². The third-order valence-corrected chi connectivity index (χ3v) is 12.8. The number of carbonyl (C=O) groups is 1. The molecule has 4 aliphatic rings. The zero-order valence-corrected chi connectivity index (χ0v) is 33.7. The monoisotopic (exact) mass is 756 g/mol. The first kappa shape index (κ1) is 40.7. The fourth-order valence-electron chi connectivity index (χ4n) is 8.24. The Morgan fingerprint density at radius 2 is 1.98 bits per heavy atom. The number of nitrogens with one attached hydrogen (secondary N) is 2. The molecular formula is C41H61ClN4O5S. The predicted molar refractivity (Wildman–Crippen MR) is 213 cm³/mol. The summed E-state index contributed by atoms with van der Waals surface area (Å²) in [6, 6.07) is 11.9. The lowest BCUT2D eigenvalue weighted by Gasteiger charge is -2.49. The van der Waals surface area contributed by atoms with Gasteiger partial charge in [-0.1, -0.05) is 43.7 Å². The van der Waals surface area contributed by atoms with Crippen molar-refractivity contribution in [2.45, 2.75) is 76.6 Å². The summed E-state index contributed by atoms with van der Waals surface area (Å²) in [5.41, 5.74) is 3.84. The van der Waals surface area contributed by atoms with Crippen molar-refractivity contribution < 1.29 is 23.2 Å². The smallest absolute Gasteiger partial charge is 0.263 e. The van der Waals surface area contributed by atoms with Crippen molar-refractivity contribution in [1.82, 2.24) is 14.9 Å². The molecule has 6 rings (SSSR count). The number of aryl methyl sites for hydroxylation is 1. The third kappa shape index (κ3) is 9.98. The van der Waals surface area contributed by atoms with Gasteiger partial charge in [0.2, 0.25) is 0 Å². The van der Waals surface area contributed by atoms with Crippen LogP contribution in [0.25, 0.3) is 0 Å². The Bertz CT molecular complexity index is 1530. The van der Waals surface area contributed by atoms with E-state index in [9.17, 15) is 9.00 Å². The molecule has 1 saturated carbocycles. The molecule has 0 radical (unpaired) electrons. The topological polar surface area (TPSA) is 92.4 Å². The van der Waals surface area contributed by atoms with Gasteiger partial charge in [0.1, 0.15) is 16.7 Å². The van der Waals surface area contributed by atoms with Crippen molar-refractivity contribution in [3.8, 4) is 5.75 Å². The molecule has 2 N–H and O–H groups in total. The van der Waals surface area contributed by atoms with Gasteiger partial charge in [-0.3, -0.25) is 14.4 Å². The van der Waals surface area contributed by atoms with Gasteiger partial charge in [-0.2, -0.15) is 0 Å². The number of hydrogen-bond acceptors (Lipinski definition) is 8. The van der Waals surface area contributed by atoms with E-state index in [1.807, 2.05) is 46.2 Å². The predicted octanol–water partition coefficient (Wildman–Crippen LogP) is 6.41. The molecule has 1 spiro atoms. The summed E-state index contributed by atoms with van der Waals surface area (Å²) in [5, 5.41) is 3.74. The fraction of sp³-hybridized carbons (Fsp3) is 0.634. The van der Waals surface area contributed by atoms with Crippen molar-refractivity contribution in [3.05, 3.63) is 70.3 Å². The number of fused-ring (bicyclic) bond motifs is 3. The zero-order chi connectivity index (χ0) is 37.3. The molecule has 1 amide bonds. The summed E-state index contributed by atoms with van der Waals surface area (Å²) in [6.45, 7) is 16.6. The van der Waals surface area contributed by atoms with Crippen LogP contribution < -0.4 is 19.7 Å². The van der Waals surface area contributed by atoms with E-state index in [1.54, 1.807) is 6.07 Å². The van der Waals surface area contributed by atoms with Gasteiger partial charge in [0.05, 0.1) is 31.6 Å². The molecule has 0 bridgehead atoms. The van der Waals surface area contributed by atoms with Crippen molar-refractivity contribution >= 4 is 34.2 Å².